The molecule has 0 atom stereocenters. The molecule has 3 aromatic rings. The molecule has 0 aliphatic heterocycles. The summed E-state index contributed by atoms with van der Waals surface area (Å²) in [5, 5.41) is 0.408. The van der Waals surface area contributed by atoms with Crippen molar-refractivity contribution in [3.63, 3.8) is 0 Å². The van der Waals surface area contributed by atoms with Crippen LogP contribution in [0.25, 0.3) is 22.3 Å². The SMILES string of the molecule is O=c1[nH]c(-c2ccccc2S(=O)(=O)O)nc2ccccc12. The van der Waals surface area contributed by atoms with E-state index in [1.807, 2.05) is 0 Å². The van der Waals surface area contributed by atoms with Crippen LogP contribution in [0.15, 0.2) is 58.2 Å². The van der Waals surface area contributed by atoms with E-state index in [0.29, 0.717) is 10.9 Å². The Morgan fingerprint density at radius 2 is 1.67 bits per heavy atom. The highest BCUT2D eigenvalue weighted by molar-refractivity contribution is 7.86. The van der Waals surface area contributed by atoms with Crippen molar-refractivity contribution in [3.8, 4) is 11.4 Å². The molecular formula is C14H10N2O4S. The minimum atomic E-state index is -4.41. The standard InChI is InChI=1S/C14H10N2O4S/c17-14-9-5-1-3-7-11(9)15-13(16-14)10-6-2-4-8-12(10)21(18,19)20/h1-8H,(H,15,16,17)(H,18,19,20). The van der Waals surface area contributed by atoms with Gasteiger partial charge in [0.05, 0.1) is 10.9 Å². The summed E-state index contributed by atoms with van der Waals surface area (Å²) in [7, 11) is -4.41. The lowest BCUT2D eigenvalue weighted by Gasteiger charge is -2.07. The van der Waals surface area contributed by atoms with E-state index in [-0.39, 0.29) is 21.8 Å². The summed E-state index contributed by atoms with van der Waals surface area (Å²) in [5.41, 5.74) is 0.213. The van der Waals surface area contributed by atoms with Crippen LogP contribution in [-0.2, 0) is 10.1 Å². The molecule has 0 aliphatic carbocycles. The van der Waals surface area contributed by atoms with Crippen LogP contribution in [0.2, 0.25) is 0 Å². The van der Waals surface area contributed by atoms with Gasteiger partial charge >= 0.3 is 0 Å². The van der Waals surface area contributed by atoms with Gasteiger partial charge in [-0.3, -0.25) is 9.35 Å². The number of hydrogen-bond donors (Lipinski definition) is 2. The fourth-order valence-corrected chi connectivity index (χ4v) is 2.79. The third-order valence-electron chi connectivity index (χ3n) is 3.03. The number of para-hydroxylation sites is 1. The molecule has 7 heteroatoms. The largest absolute Gasteiger partial charge is 0.306 e. The number of aromatic nitrogens is 2. The Morgan fingerprint density at radius 3 is 2.43 bits per heavy atom. The number of nitrogens with one attached hydrogen (secondary N) is 1. The van der Waals surface area contributed by atoms with Gasteiger partial charge in [0.15, 0.2) is 0 Å². The first kappa shape index (κ1) is 13.5. The molecule has 1 aromatic heterocycles. The van der Waals surface area contributed by atoms with E-state index in [0.717, 1.165) is 0 Å². The highest BCUT2D eigenvalue weighted by Crippen LogP contribution is 2.24. The molecular weight excluding hydrogens is 292 g/mol. The second-order valence-corrected chi connectivity index (χ2v) is 5.79. The van der Waals surface area contributed by atoms with Crippen LogP contribution >= 0.6 is 0 Å². The Bertz CT molecular complexity index is 993. The van der Waals surface area contributed by atoms with Gasteiger partial charge in [-0.1, -0.05) is 24.3 Å². The predicted molar refractivity (Wildman–Crippen MR) is 77.6 cm³/mol. The molecule has 0 fully saturated rings. The van der Waals surface area contributed by atoms with Crippen molar-refractivity contribution in [2.24, 2.45) is 0 Å². The Kier molecular flexibility index (Phi) is 3.08. The topological polar surface area (TPSA) is 100 Å². The molecule has 0 saturated carbocycles. The van der Waals surface area contributed by atoms with Gasteiger partial charge in [0.1, 0.15) is 10.7 Å². The number of H-pyrrole nitrogens is 1. The van der Waals surface area contributed by atoms with Crippen molar-refractivity contribution in [1.82, 2.24) is 9.97 Å². The second-order valence-electron chi connectivity index (χ2n) is 4.40. The van der Waals surface area contributed by atoms with E-state index in [1.165, 1.54) is 18.2 Å². The smallest absolute Gasteiger partial charge is 0.295 e. The second kappa shape index (κ2) is 4.80. The first-order valence-corrected chi connectivity index (χ1v) is 7.47. The first-order valence-electron chi connectivity index (χ1n) is 6.03. The Morgan fingerprint density at radius 1 is 1.00 bits per heavy atom. The molecule has 0 spiro atoms. The third kappa shape index (κ3) is 2.44. The van der Waals surface area contributed by atoms with Gasteiger partial charge in [0.25, 0.3) is 15.7 Å². The third-order valence-corrected chi connectivity index (χ3v) is 3.94. The maximum Gasteiger partial charge on any atom is 0.295 e. The molecule has 0 radical (unpaired) electrons. The Hall–Kier alpha value is -2.51. The number of benzene rings is 2. The van der Waals surface area contributed by atoms with E-state index < -0.39 is 10.1 Å². The van der Waals surface area contributed by atoms with Gasteiger partial charge in [-0.15, -0.1) is 0 Å². The number of rotatable bonds is 2. The number of fused-ring (bicyclic) bond motifs is 1. The zero-order valence-corrected chi connectivity index (χ0v) is 11.5. The lowest BCUT2D eigenvalue weighted by molar-refractivity contribution is 0.483. The number of nitrogens with zero attached hydrogens (tertiary/aromatic N) is 1. The van der Waals surface area contributed by atoms with Crippen molar-refractivity contribution in [2.45, 2.75) is 4.90 Å². The van der Waals surface area contributed by atoms with Crippen LogP contribution in [-0.4, -0.2) is 22.9 Å². The predicted octanol–water partition coefficient (Wildman–Crippen LogP) is 1.84. The minimum Gasteiger partial charge on any atom is -0.306 e. The molecule has 0 amide bonds. The summed E-state index contributed by atoms with van der Waals surface area (Å²) in [6.45, 7) is 0. The highest BCUT2D eigenvalue weighted by atomic mass is 32.2. The summed E-state index contributed by atoms with van der Waals surface area (Å²) in [4.78, 5) is 18.5. The molecule has 0 unspecified atom stereocenters. The fraction of sp³-hybridized carbons (Fsp3) is 0. The molecule has 3 rings (SSSR count). The molecule has 21 heavy (non-hydrogen) atoms. The average Bonchev–Trinajstić information content (AvgIpc) is 2.46. The number of hydrogen-bond acceptors (Lipinski definition) is 4. The van der Waals surface area contributed by atoms with E-state index in [1.54, 1.807) is 30.3 Å². The lowest BCUT2D eigenvalue weighted by atomic mass is 10.2. The zero-order chi connectivity index (χ0) is 15.0. The summed E-state index contributed by atoms with van der Waals surface area (Å²) >= 11 is 0. The van der Waals surface area contributed by atoms with Crippen molar-refractivity contribution in [2.75, 3.05) is 0 Å². The van der Waals surface area contributed by atoms with Crippen LogP contribution in [0.5, 0.6) is 0 Å². The van der Waals surface area contributed by atoms with Gasteiger partial charge < -0.3 is 4.98 Å². The molecule has 1 heterocycles. The van der Waals surface area contributed by atoms with Crippen LogP contribution < -0.4 is 5.56 Å². The lowest BCUT2D eigenvalue weighted by Crippen LogP contribution is -2.11. The van der Waals surface area contributed by atoms with Crippen LogP contribution in [0.3, 0.4) is 0 Å². The van der Waals surface area contributed by atoms with Crippen LogP contribution in [0.1, 0.15) is 0 Å². The van der Waals surface area contributed by atoms with Gasteiger partial charge in [-0.05, 0) is 24.3 Å². The van der Waals surface area contributed by atoms with E-state index in [4.69, 9.17) is 0 Å². The molecule has 106 valence electrons. The van der Waals surface area contributed by atoms with Crippen molar-refractivity contribution < 1.29 is 13.0 Å². The van der Waals surface area contributed by atoms with Crippen molar-refractivity contribution in [1.29, 1.82) is 0 Å². The van der Waals surface area contributed by atoms with E-state index in [2.05, 4.69) is 9.97 Å². The van der Waals surface area contributed by atoms with Crippen molar-refractivity contribution in [3.05, 3.63) is 58.9 Å². The molecule has 0 aliphatic rings. The Labute approximate surface area is 119 Å². The summed E-state index contributed by atoms with van der Waals surface area (Å²) in [5.74, 6) is 0.0897. The minimum absolute atomic E-state index is 0.0897. The van der Waals surface area contributed by atoms with Gasteiger partial charge in [0.2, 0.25) is 0 Å². The van der Waals surface area contributed by atoms with Crippen LogP contribution in [0.4, 0.5) is 0 Å². The van der Waals surface area contributed by atoms with Gasteiger partial charge in [0, 0.05) is 5.56 Å². The van der Waals surface area contributed by atoms with E-state index >= 15 is 0 Å². The molecule has 2 aromatic carbocycles. The fourth-order valence-electron chi connectivity index (χ4n) is 2.10. The maximum atomic E-state index is 12.0. The van der Waals surface area contributed by atoms with Gasteiger partial charge in [-0.2, -0.15) is 8.42 Å². The zero-order valence-electron chi connectivity index (χ0n) is 10.6. The molecule has 2 N–H and O–H groups in total. The van der Waals surface area contributed by atoms with Crippen LogP contribution in [0, 0.1) is 0 Å². The molecule has 0 saturated heterocycles. The molecule has 0 bridgehead atoms. The normalized spacial score (nSPS) is 11.7. The first-order chi connectivity index (χ1) is 9.97. The summed E-state index contributed by atoms with van der Waals surface area (Å²) in [6, 6.07) is 12.5. The van der Waals surface area contributed by atoms with E-state index in [9.17, 15) is 17.8 Å². The quantitative estimate of drug-likeness (QED) is 0.703. The summed E-state index contributed by atoms with van der Waals surface area (Å²) < 4.78 is 32.1. The number of aromatic amines is 1. The van der Waals surface area contributed by atoms with Gasteiger partial charge in [-0.25, -0.2) is 4.98 Å². The van der Waals surface area contributed by atoms with Crippen molar-refractivity contribution >= 4 is 21.0 Å². The highest BCUT2D eigenvalue weighted by Gasteiger charge is 2.18. The monoisotopic (exact) mass is 302 g/mol. The molecule has 6 nitrogen and oxygen atoms in total. The Balaban J connectivity index is 2.35. The summed E-state index contributed by atoms with van der Waals surface area (Å²) in [6.07, 6.45) is 0. The average molecular weight is 302 g/mol. The maximum absolute atomic E-state index is 12.0.